The standard InChI is InChI=1S/C45H82O3/c1-4-7-10-12-14-16-18-20-21-22-24-26-28-30-32-34-39-47-44-40-42(37-38-43(44)41-48-45(46)36-9-6-3)35-33-31-29-27-25-23-19-17-15-13-11-8-5-2/h37-38,40H,4-36,39,41H2,1-3H3. The number of carbonyl (C=O) groups excluding carboxylic acids is 1. The maximum absolute atomic E-state index is 12.2. The van der Waals surface area contributed by atoms with E-state index in [4.69, 9.17) is 9.47 Å². The van der Waals surface area contributed by atoms with Crippen LogP contribution < -0.4 is 4.74 Å². The fourth-order valence-electron chi connectivity index (χ4n) is 6.74. The Morgan fingerprint density at radius 2 is 0.875 bits per heavy atom. The highest BCUT2D eigenvalue weighted by molar-refractivity contribution is 5.69. The quantitative estimate of drug-likeness (QED) is 0.0522. The lowest BCUT2D eigenvalue weighted by molar-refractivity contribution is -0.145. The first-order valence-corrected chi connectivity index (χ1v) is 21.6. The van der Waals surface area contributed by atoms with Crippen molar-refractivity contribution in [1.29, 1.82) is 0 Å². The summed E-state index contributed by atoms with van der Waals surface area (Å²) in [6, 6.07) is 6.58. The molecule has 0 fully saturated rings. The van der Waals surface area contributed by atoms with Crippen LogP contribution in [0, 0.1) is 0 Å². The third-order valence-electron chi connectivity index (χ3n) is 10.1. The Hall–Kier alpha value is -1.51. The van der Waals surface area contributed by atoms with Crippen LogP contribution in [0.1, 0.15) is 237 Å². The summed E-state index contributed by atoms with van der Waals surface area (Å²) < 4.78 is 11.9. The fourth-order valence-corrected chi connectivity index (χ4v) is 6.74. The van der Waals surface area contributed by atoms with Crippen molar-refractivity contribution in [1.82, 2.24) is 0 Å². The van der Waals surface area contributed by atoms with E-state index >= 15 is 0 Å². The second-order valence-corrected chi connectivity index (χ2v) is 14.9. The van der Waals surface area contributed by atoms with Gasteiger partial charge in [0.15, 0.2) is 0 Å². The predicted molar refractivity (Wildman–Crippen MR) is 210 cm³/mol. The third-order valence-corrected chi connectivity index (χ3v) is 10.1. The summed E-state index contributed by atoms with van der Waals surface area (Å²) in [5.41, 5.74) is 2.35. The number of esters is 1. The highest BCUT2D eigenvalue weighted by Gasteiger charge is 2.10. The molecule has 1 aromatic rings. The lowest BCUT2D eigenvalue weighted by atomic mass is 10.0. The van der Waals surface area contributed by atoms with Crippen LogP contribution in [0.3, 0.4) is 0 Å². The van der Waals surface area contributed by atoms with Crippen molar-refractivity contribution in [2.24, 2.45) is 0 Å². The summed E-state index contributed by atoms with van der Waals surface area (Å²) in [7, 11) is 0. The summed E-state index contributed by atoms with van der Waals surface area (Å²) in [4.78, 5) is 12.2. The second kappa shape index (κ2) is 35.3. The van der Waals surface area contributed by atoms with Gasteiger partial charge in [-0.25, -0.2) is 0 Å². The third kappa shape index (κ3) is 28.3. The van der Waals surface area contributed by atoms with E-state index in [1.54, 1.807) is 0 Å². The molecule has 0 aromatic heterocycles. The summed E-state index contributed by atoms with van der Waals surface area (Å²) >= 11 is 0. The van der Waals surface area contributed by atoms with Gasteiger partial charge < -0.3 is 9.47 Å². The fraction of sp³-hybridized carbons (Fsp3) is 0.844. The van der Waals surface area contributed by atoms with Gasteiger partial charge in [0, 0.05) is 12.0 Å². The zero-order valence-electron chi connectivity index (χ0n) is 32.7. The van der Waals surface area contributed by atoms with Gasteiger partial charge in [-0.2, -0.15) is 0 Å². The van der Waals surface area contributed by atoms with Gasteiger partial charge in [-0.1, -0.05) is 213 Å². The van der Waals surface area contributed by atoms with Crippen molar-refractivity contribution < 1.29 is 14.3 Å². The molecule has 0 saturated carbocycles. The van der Waals surface area contributed by atoms with Gasteiger partial charge in [-0.15, -0.1) is 0 Å². The highest BCUT2D eigenvalue weighted by Crippen LogP contribution is 2.24. The molecule has 0 bridgehead atoms. The number of ether oxygens (including phenoxy) is 2. The van der Waals surface area contributed by atoms with E-state index < -0.39 is 0 Å². The molecule has 0 unspecified atom stereocenters. The molecular formula is C45H82O3. The van der Waals surface area contributed by atoms with Gasteiger partial charge in [0.2, 0.25) is 0 Å². The molecule has 0 spiro atoms. The SMILES string of the molecule is CCCCCCCCCCCCCCCCCCOc1cc(CCCCCCCCCCCCCCC)ccc1COC(=O)CCCC. The Balaban J connectivity index is 2.24. The molecule has 0 radical (unpaired) electrons. The summed E-state index contributed by atoms with van der Waals surface area (Å²) in [5, 5.41) is 0. The minimum Gasteiger partial charge on any atom is -0.493 e. The van der Waals surface area contributed by atoms with Crippen molar-refractivity contribution in [3.8, 4) is 5.75 Å². The zero-order valence-corrected chi connectivity index (χ0v) is 32.7. The molecule has 1 rings (SSSR count). The number of benzene rings is 1. The summed E-state index contributed by atoms with van der Waals surface area (Å²) in [6.07, 6.45) is 43.5. The van der Waals surface area contributed by atoms with Gasteiger partial charge in [-0.3, -0.25) is 4.79 Å². The maximum atomic E-state index is 12.2. The van der Waals surface area contributed by atoms with E-state index in [0.717, 1.165) is 43.6 Å². The molecule has 1 aromatic carbocycles. The Bertz CT molecular complexity index is 818. The van der Waals surface area contributed by atoms with Crippen LogP contribution in [0.5, 0.6) is 5.75 Å². The van der Waals surface area contributed by atoms with Crippen LogP contribution in [-0.4, -0.2) is 12.6 Å². The minimum absolute atomic E-state index is 0.100. The van der Waals surface area contributed by atoms with Crippen molar-refractivity contribution >= 4 is 5.97 Å². The monoisotopic (exact) mass is 671 g/mol. The van der Waals surface area contributed by atoms with Gasteiger partial charge >= 0.3 is 5.97 Å². The maximum Gasteiger partial charge on any atom is 0.306 e. The predicted octanol–water partition coefficient (Wildman–Crippen LogP) is 15.2. The molecule has 0 aliphatic heterocycles. The Morgan fingerprint density at radius 3 is 1.31 bits per heavy atom. The lowest BCUT2D eigenvalue weighted by Crippen LogP contribution is -2.07. The van der Waals surface area contributed by atoms with Crippen LogP contribution in [0.25, 0.3) is 0 Å². The largest absolute Gasteiger partial charge is 0.493 e. The topological polar surface area (TPSA) is 35.5 Å². The van der Waals surface area contributed by atoms with Crippen LogP contribution >= 0.6 is 0 Å². The number of rotatable bonds is 37. The molecule has 0 N–H and O–H groups in total. The van der Waals surface area contributed by atoms with Crippen LogP contribution in [0.15, 0.2) is 18.2 Å². The molecule has 0 saturated heterocycles. The van der Waals surface area contributed by atoms with Crippen molar-refractivity contribution in [2.45, 2.75) is 239 Å². The average molecular weight is 671 g/mol. The van der Waals surface area contributed by atoms with Gasteiger partial charge in [0.1, 0.15) is 12.4 Å². The van der Waals surface area contributed by atoms with E-state index in [9.17, 15) is 4.79 Å². The Labute approximate surface area is 300 Å². The number of hydrogen-bond acceptors (Lipinski definition) is 3. The molecule has 0 aliphatic carbocycles. The number of carbonyl (C=O) groups is 1. The summed E-state index contributed by atoms with van der Waals surface area (Å²) in [6.45, 7) is 7.76. The molecule has 3 nitrogen and oxygen atoms in total. The number of hydrogen-bond donors (Lipinski definition) is 0. The first kappa shape index (κ1) is 44.5. The molecule has 0 heterocycles. The normalized spacial score (nSPS) is 11.3. The van der Waals surface area contributed by atoms with E-state index in [2.05, 4.69) is 39.0 Å². The molecule has 280 valence electrons. The Kier molecular flexibility index (Phi) is 32.8. The van der Waals surface area contributed by atoms with Crippen molar-refractivity contribution in [3.63, 3.8) is 0 Å². The molecular weight excluding hydrogens is 588 g/mol. The number of unbranched alkanes of at least 4 members (excludes halogenated alkanes) is 28. The smallest absolute Gasteiger partial charge is 0.306 e. The average Bonchev–Trinajstić information content (AvgIpc) is 3.10. The van der Waals surface area contributed by atoms with E-state index in [1.165, 1.54) is 185 Å². The van der Waals surface area contributed by atoms with Crippen molar-refractivity contribution in [3.05, 3.63) is 29.3 Å². The highest BCUT2D eigenvalue weighted by atomic mass is 16.5. The Morgan fingerprint density at radius 1 is 0.479 bits per heavy atom. The first-order valence-electron chi connectivity index (χ1n) is 21.6. The molecule has 0 aliphatic rings. The second-order valence-electron chi connectivity index (χ2n) is 14.9. The minimum atomic E-state index is -0.100. The van der Waals surface area contributed by atoms with E-state index in [0.29, 0.717) is 13.0 Å². The van der Waals surface area contributed by atoms with E-state index in [-0.39, 0.29) is 5.97 Å². The van der Waals surface area contributed by atoms with Crippen molar-refractivity contribution in [2.75, 3.05) is 6.61 Å². The molecule has 0 amide bonds. The zero-order chi connectivity index (χ0) is 34.6. The lowest BCUT2D eigenvalue weighted by Gasteiger charge is -2.14. The van der Waals surface area contributed by atoms with Gasteiger partial charge in [-0.05, 0) is 37.3 Å². The van der Waals surface area contributed by atoms with Crippen LogP contribution in [0.4, 0.5) is 0 Å². The van der Waals surface area contributed by atoms with Gasteiger partial charge in [0.05, 0.1) is 6.61 Å². The molecule has 48 heavy (non-hydrogen) atoms. The van der Waals surface area contributed by atoms with Gasteiger partial charge in [0.25, 0.3) is 0 Å². The van der Waals surface area contributed by atoms with Crippen LogP contribution in [-0.2, 0) is 22.6 Å². The molecule has 3 heteroatoms. The summed E-state index contributed by atoms with van der Waals surface area (Å²) in [5.74, 6) is 0.822. The molecule has 0 atom stereocenters. The number of aryl methyl sites for hydroxylation is 1. The first-order chi connectivity index (χ1) is 23.7. The van der Waals surface area contributed by atoms with E-state index in [1.807, 2.05) is 0 Å². The van der Waals surface area contributed by atoms with Crippen LogP contribution in [0.2, 0.25) is 0 Å².